The third kappa shape index (κ3) is 3.27. The Labute approximate surface area is 85.3 Å². The summed E-state index contributed by atoms with van der Waals surface area (Å²) >= 11 is 0. The second-order valence-electron chi connectivity index (χ2n) is 3.73. The fourth-order valence-electron chi connectivity index (χ4n) is 1.44. The van der Waals surface area contributed by atoms with E-state index in [1.807, 2.05) is 6.92 Å². The molecule has 0 saturated carbocycles. The van der Waals surface area contributed by atoms with E-state index in [1.54, 1.807) is 13.8 Å². The van der Waals surface area contributed by atoms with Gasteiger partial charge in [-0.1, -0.05) is 20.8 Å². The van der Waals surface area contributed by atoms with Crippen LogP contribution in [0.25, 0.3) is 0 Å². The number of amides is 1. The van der Waals surface area contributed by atoms with Crippen molar-refractivity contribution in [3.05, 3.63) is 0 Å². The highest BCUT2D eigenvalue weighted by atomic mass is 16.3. The third-order valence-corrected chi connectivity index (χ3v) is 2.74. The highest BCUT2D eigenvalue weighted by Crippen LogP contribution is 2.18. The van der Waals surface area contributed by atoms with Crippen LogP contribution in [-0.4, -0.2) is 35.4 Å². The van der Waals surface area contributed by atoms with Crippen LogP contribution in [0.15, 0.2) is 0 Å². The minimum absolute atomic E-state index is 0.201. The van der Waals surface area contributed by atoms with E-state index in [2.05, 4.69) is 5.32 Å². The topological polar surface area (TPSA) is 69.6 Å². The molecule has 0 rings (SSSR count). The Balaban J connectivity index is 4.30. The molecule has 14 heavy (non-hydrogen) atoms. The van der Waals surface area contributed by atoms with Gasteiger partial charge >= 0.3 is 0 Å². The van der Waals surface area contributed by atoms with E-state index >= 15 is 0 Å². The van der Waals surface area contributed by atoms with Crippen molar-refractivity contribution in [3.8, 4) is 0 Å². The number of aliphatic hydroxyl groups is 2. The first-order valence-corrected chi connectivity index (χ1v) is 5.03. The number of carbonyl (C=O) groups excluding carboxylic acids is 1. The molecule has 0 spiro atoms. The van der Waals surface area contributed by atoms with Crippen LogP contribution in [-0.2, 0) is 4.79 Å². The molecule has 3 N–H and O–H groups in total. The lowest BCUT2D eigenvalue weighted by Crippen LogP contribution is -2.40. The monoisotopic (exact) mass is 203 g/mol. The molecule has 0 aliphatic rings. The van der Waals surface area contributed by atoms with Gasteiger partial charge in [-0.05, 0) is 6.42 Å². The third-order valence-electron chi connectivity index (χ3n) is 2.74. The van der Waals surface area contributed by atoms with E-state index in [1.165, 1.54) is 7.05 Å². The Morgan fingerprint density at radius 2 is 1.86 bits per heavy atom. The molecule has 0 fully saturated rings. The van der Waals surface area contributed by atoms with Crippen LogP contribution < -0.4 is 5.32 Å². The normalized spacial score (nSPS) is 19.6. The summed E-state index contributed by atoms with van der Waals surface area (Å²) in [6.07, 6.45) is -0.777. The SMILES string of the molecule is CCC(O)C(C)C(O)C(C)C(=O)NC. The molecule has 4 unspecified atom stereocenters. The summed E-state index contributed by atoms with van der Waals surface area (Å²) < 4.78 is 0. The molecular weight excluding hydrogens is 182 g/mol. The van der Waals surface area contributed by atoms with Crippen LogP contribution in [0.5, 0.6) is 0 Å². The summed E-state index contributed by atoms with van der Waals surface area (Å²) in [4.78, 5) is 11.2. The Morgan fingerprint density at radius 1 is 1.36 bits per heavy atom. The van der Waals surface area contributed by atoms with Crippen molar-refractivity contribution in [2.45, 2.75) is 39.4 Å². The first-order chi connectivity index (χ1) is 6.45. The van der Waals surface area contributed by atoms with E-state index in [4.69, 9.17) is 0 Å². The number of rotatable bonds is 5. The van der Waals surface area contributed by atoms with Gasteiger partial charge in [-0.15, -0.1) is 0 Å². The van der Waals surface area contributed by atoms with Crippen molar-refractivity contribution in [2.75, 3.05) is 7.05 Å². The van der Waals surface area contributed by atoms with Gasteiger partial charge < -0.3 is 15.5 Å². The van der Waals surface area contributed by atoms with Crippen molar-refractivity contribution in [3.63, 3.8) is 0 Å². The predicted molar refractivity (Wildman–Crippen MR) is 54.7 cm³/mol. The summed E-state index contributed by atoms with van der Waals surface area (Å²) in [5, 5.41) is 21.8. The van der Waals surface area contributed by atoms with Gasteiger partial charge in [0.2, 0.25) is 5.91 Å². The first-order valence-electron chi connectivity index (χ1n) is 5.03. The lowest BCUT2D eigenvalue weighted by Gasteiger charge is -2.26. The van der Waals surface area contributed by atoms with Crippen molar-refractivity contribution >= 4 is 5.91 Å². The molecule has 4 nitrogen and oxygen atoms in total. The molecule has 0 radical (unpaired) electrons. The van der Waals surface area contributed by atoms with Gasteiger partial charge in [-0.3, -0.25) is 4.79 Å². The maximum Gasteiger partial charge on any atom is 0.225 e. The molecule has 0 aliphatic heterocycles. The lowest BCUT2D eigenvalue weighted by atomic mass is 9.88. The number of carbonyl (C=O) groups is 1. The van der Waals surface area contributed by atoms with Gasteiger partial charge in [0, 0.05) is 13.0 Å². The zero-order valence-corrected chi connectivity index (χ0v) is 9.32. The summed E-state index contributed by atoms with van der Waals surface area (Å²) in [6.45, 7) is 5.25. The lowest BCUT2D eigenvalue weighted by molar-refractivity contribution is -0.129. The minimum Gasteiger partial charge on any atom is -0.393 e. The summed E-state index contributed by atoms with van der Waals surface area (Å²) in [5.74, 6) is -0.976. The summed E-state index contributed by atoms with van der Waals surface area (Å²) in [7, 11) is 1.53. The maximum absolute atomic E-state index is 11.2. The van der Waals surface area contributed by atoms with Crippen LogP contribution >= 0.6 is 0 Å². The van der Waals surface area contributed by atoms with Gasteiger partial charge in [0.25, 0.3) is 0 Å². The predicted octanol–water partition coefficient (Wildman–Crippen LogP) is 0.136. The van der Waals surface area contributed by atoms with E-state index in [9.17, 15) is 15.0 Å². The second kappa shape index (κ2) is 5.98. The number of nitrogens with one attached hydrogen (secondary N) is 1. The van der Waals surface area contributed by atoms with Gasteiger partial charge in [0.05, 0.1) is 18.1 Å². The molecular formula is C10H21NO3. The Morgan fingerprint density at radius 3 is 2.21 bits per heavy atom. The molecule has 0 aromatic rings. The van der Waals surface area contributed by atoms with Crippen LogP contribution in [0, 0.1) is 11.8 Å². The number of hydrogen-bond acceptors (Lipinski definition) is 3. The second-order valence-corrected chi connectivity index (χ2v) is 3.73. The molecule has 0 aromatic heterocycles. The molecule has 84 valence electrons. The van der Waals surface area contributed by atoms with Crippen molar-refractivity contribution in [1.82, 2.24) is 5.32 Å². The fourth-order valence-corrected chi connectivity index (χ4v) is 1.44. The van der Waals surface area contributed by atoms with E-state index in [0.717, 1.165) is 0 Å². The van der Waals surface area contributed by atoms with Gasteiger partial charge in [0.1, 0.15) is 0 Å². The van der Waals surface area contributed by atoms with E-state index < -0.39 is 18.1 Å². The van der Waals surface area contributed by atoms with Crippen LogP contribution in [0.4, 0.5) is 0 Å². The zero-order valence-electron chi connectivity index (χ0n) is 9.32. The molecule has 0 bridgehead atoms. The zero-order chi connectivity index (χ0) is 11.3. The average Bonchev–Trinajstić information content (AvgIpc) is 2.23. The van der Waals surface area contributed by atoms with Crippen LogP contribution in [0.3, 0.4) is 0 Å². The van der Waals surface area contributed by atoms with Crippen LogP contribution in [0.2, 0.25) is 0 Å². The smallest absolute Gasteiger partial charge is 0.225 e. The molecule has 0 saturated heterocycles. The number of hydrogen-bond donors (Lipinski definition) is 3. The largest absolute Gasteiger partial charge is 0.393 e. The van der Waals surface area contributed by atoms with E-state index in [-0.39, 0.29) is 11.8 Å². The van der Waals surface area contributed by atoms with Gasteiger partial charge in [-0.25, -0.2) is 0 Å². The molecule has 0 aliphatic carbocycles. The highest BCUT2D eigenvalue weighted by Gasteiger charge is 2.29. The Hall–Kier alpha value is -0.610. The average molecular weight is 203 g/mol. The van der Waals surface area contributed by atoms with Gasteiger partial charge in [-0.2, -0.15) is 0 Å². The van der Waals surface area contributed by atoms with E-state index in [0.29, 0.717) is 6.42 Å². The number of aliphatic hydroxyl groups excluding tert-OH is 2. The molecule has 0 heterocycles. The quantitative estimate of drug-likeness (QED) is 0.595. The Kier molecular flexibility index (Phi) is 5.72. The fraction of sp³-hybridized carbons (Fsp3) is 0.900. The maximum atomic E-state index is 11.2. The van der Waals surface area contributed by atoms with Crippen molar-refractivity contribution in [2.24, 2.45) is 11.8 Å². The van der Waals surface area contributed by atoms with Crippen molar-refractivity contribution < 1.29 is 15.0 Å². The summed E-state index contributed by atoms with van der Waals surface area (Å²) in [5.41, 5.74) is 0. The van der Waals surface area contributed by atoms with Crippen LogP contribution in [0.1, 0.15) is 27.2 Å². The molecule has 4 atom stereocenters. The minimum atomic E-state index is -0.801. The standard InChI is InChI=1S/C10H21NO3/c1-5-8(12)6(2)9(13)7(3)10(14)11-4/h6-9,12-13H,5H2,1-4H3,(H,11,14). The molecule has 0 aromatic carbocycles. The first kappa shape index (κ1) is 13.4. The van der Waals surface area contributed by atoms with Gasteiger partial charge in [0.15, 0.2) is 0 Å². The molecule has 4 heteroatoms. The highest BCUT2D eigenvalue weighted by molar-refractivity contribution is 5.78. The Bertz CT molecular complexity index is 184. The summed E-state index contributed by atoms with van der Waals surface area (Å²) in [6, 6.07) is 0. The molecule has 1 amide bonds. The van der Waals surface area contributed by atoms with Crippen molar-refractivity contribution in [1.29, 1.82) is 0 Å².